The lowest BCUT2D eigenvalue weighted by Gasteiger charge is -2.32. The number of ether oxygens (including phenoxy) is 1. The molecule has 1 amide bonds. The second-order valence-corrected chi connectivity index (χ2v) is 7.52. The van der Waals surface area contributed by atoms with Crippen molar-refractivity contribution >= 4 is 23.3 Å². The topological polar surface area (TPSA) is 142 Å². The van der Waals surface area contributed by atoms with Crippen molar-refractivity contribution in [1.29, 1.82) is 15.8 Å². The Bertz CT molecular complexity index is 1090. The number of nitrogens with zero attached hydrogens (tertiary/aromatic N) is 4. The molecule has 0 bridgehead atoms. The molecule has 9 heteroatoms. The Morgan fingerprint density at radius 2 is 2.07 bits per heavy atom. The van der Waals surface area contributed by atoms with E-state index in [2.05, 4.69) is 15.5 Å². The Kier molecular flexibility index (Phi) is 4.66. The standard InChI is InChI=1S/C21H18N6O3/c1-30-19(28)14-8-21(27-6-2-3-18(14)27)15-7-13(4-5-16(15)26-20(21)29)25-17(11-24)12(9-22)10-23/h4-5,7,14,18,25H,2-3,6,8H2,1H3,(H,26,29). The highest BCUT2D eigenvalue weighted by atomic mass is 16.5. The van der Waals surface area contributed by atoms with Crippen molar-refractivity contribution in [2.45, 2.75) is 30.8 Å². The molecule has 4 rings (SSSR count). The van der Waals surface area contributed by atoms with Gasteiger partial charge in [-0.15, -0.1) is 0 Å². The first-order chi connectivity index (χ1) is 14.5. The third-order valence-electron chi connectivity index (χ3n) is 6.22. The van der Waals surface area contributed by atoms with Crippen LogP contribution in [0, 0.1) is 39.9 Å². The van der Waals surface area contributed by atoms with Gasteiger partial charge in [0, 0.05) is 23.0 Å². The van der Waals surface area contributed by atoms with Crippen LogP contribution < -0.4 is 10.6 Å². The summed E-state index contributed by atoms with van der Waals surface area (Å²) in [7, 11) is 1.36. The lowest BCUT2D eigenvalue weighted by molar-refractivity contribution is -0.146. The second kappa shape index (κ2) is 7.18. The van der Waals surface area contributed by atoms with Gasteiger partial charge in [0.2, 0.25) is 5.91 Å². The van der Waals surface area contributed by atoms with Gasteiger partial charge in [0.1, 0.15) is 29.4 Å². The van der Waals surface area contributed by atoms with Crippen molar-refractivity contribution in [3.8, 4) is 18.2 Å². The van der Waals surface area contributed by atoms with E-state index in [1.807, 2.05) is 6.07 Å². The molecule has 1 spiro atoms. The molecule has 3 heterocycles. The summed E-state index contributed by atoms with van der Waals surface area (Å²) in [5.41, 5.74) is 0.351. The van der Waals surface area contributed by atoms with Crippen LogP contribution >= 0.6 is 0 Å². The highest BCUT2D eigenvalue weighted by molar-refractivity contribution is 6.07. The van der Waals surface area contributed by atoms with Crippen molar-refractivity contribution in [2.75, 3.05) is 24.3 Å². The van der Waals surface area contributed by atoms with Crippen LogP contribution in [0.2, 0.25) is 0 Å². The fraction of sp³-hybridized carbons (Fsp3) is 0.381. The maximum Gasteiger partial charge on any atom is 0.310 e. The number of fused-ring (bicyclic) bond motifs is 4. The third-order valence-corrected chi connectivity index (χ3v) is 6.22. The fourth-order valence-electron chi connectivity index (χ4n) is 4.98. The van der Waals surface area contributed by atoms with Gasteiger partial charge in [-0.2, -0.15) is 15.8 Å². The SMILES string of the molecule is COC(=O)C1CC2(C(=O)Nc3ccc(NC(C#N)=C(C#N)C#N)cc32)N2CCCC12. The summed E-state index contributed by atoms with van der Waals surface area (Å²) in [6.07, 6.45) is 2.02. The highest BCUT2D eigenvalue weighted by Crippen LogP contribution is 2.54. The molecule has 2 fully saturated rings. The summed E-state index contributed by atoms with van der Waals surface area (Å²) in [5, 5.41) is 33.1. The predicted octanol–water partition coefficient (Wildman–Crippen LogP) is 1.73. The molecule has 3 unspecified atom stereocenters. The number of amides is 1. The lowest BCUT2D eigenvalue weighted by atomic mass is 9.84. The summed E-state index contributed by atoms with van der Waals surface area (Å²) in [6, 6.07) is 10.3. The number of anilines is 2. The van der Waals surface area contributed by atoms with Gasteiger partial charge in [0.15, 0.2) is 5.57 Å². The number of benzene rings is 1. The number of hydrogen-bond acceptors (Lipinski definition) is 8. The number of nitrogens with one attached hydrogen (secondary N) is 2. The number of rotatable bonds is 3. The minimum Gasteiger partial charge on any atom is -0.469 e. The van der Waals surface area contributed by atoms with E-state index in [0.29, 0.717) is 29.9 Å². The molecule has 0 radical (unpaired) electrons. The van der Waals surface area contributed by atoms with Crippen LogP contribution in [-0.2, 0) is 19.9 Å². The Morgan fingerprint density at radius 3 is 2.73 bits per heavy atom. The van der Waals surface area contributed by atoms with Crippen molar-refractivity contribution in [3.05, 3.63) is 35.0 Å². The van der Waals surface area contributed by atoms with Crippen LogP contribution in [-0.4, -0.2) is 36.5 Å². The predicted molar refractivity (Wildman–Crippen MR) is 104 cm³/mol. The summed E-state index contributed by atoms with van der Waals surface area (Å²) in [6.45, 7) is 0.693. The van der Waals surface area contributed by atoms with E-state index in [1.54, 1.807) is 30.3 Å². The van der Waals surface area contributed by atoms with Gasteiger partial charge in [-0.05, 0) is 44.0 Å². The Balaban J connectivity index is 1.78. The zero-order valence-corrected chi connectivity index (χ0v) is 16.2. The molecule has 0 aromatic heterocycles. The van der Waals surface area contributed by atoms with Gasteiger partial charge in [-0.1, -0.05) is 0 Å². The lowest BCUT2D eigenvalue weighted by Crippen LogP contribution is -2.47. The molecule has 0 aliphatic carbocycles. The number of methoxy groups -OCH3 is 1. The Morgan fingerprint density at radius 1 is 1.30 bits per heavy atom. The maximum absolute atomic E-state index is 13.2. The molecule has 2 N–H and O–H groups in total. The van der Waals surface area contributed by atoms with E-state index in [-0.39, 0.29) is 29.2 Å². The first-order valence-electron chi connectivity index (χ1n) is 9.52. The van der Waals surface area contributed by atoms with E-state index < -0.39 is 11.5 Å². The zero-order chi connectivity index (χ0) is 21.5. The molecule has 3 aliphatic heterocycles. The summed E-state index contributed by atoms with van der Waals surface area (Å²) in [5.74, 6) is -0.899. The van der Waals surface area contributed by atoms with Gasteiger partial charge in [0.05, 0.1) is 13.0 Å². The second-order valence-electron chi connectivity index (χ2n) is 7.52. The number of nitriles is 3. The number of carbonyl (C=O) groups excluding carboxylic acids is 2. The molecule has 150 valence electrons. The van der Waals surface area contributed by atoms with Crippen LogP contribution in [0.3, 0.4) is 0 Å². The van der Waals surface area contributed by atoms with Crippen LogP contribution in [0.15, 0.2) is 29.5 Å². The van der Waals surface area contributed by atoms with Crippen molar-refractivity contribution in [3.63, 3.8) is 0 Å². The highest BCUT2D eigenvalue weighted by Gasteiger charge is 2.63. The smallest absolute Gasteiger partial charge is 0.310 e. The number of esters is 1. The van der Waals surface area contributed by atoms with Crippen LogP contribution in [0.5, 0.6) is 0 Å². The molecule has 9 nitrogen and oxygen atoms in total. The molecule has 0 saturated carbocycles. The number of hydrogen-bond donors (Lipinski definition) is 2. The molecule has 3 atom stereocenters. The maximum atomic E-state index is 13.2. The minimum atomic E-state index is -0.989. The summed E-state index contributed by atoms with van der Waals surface area (Å²) < 4.78 is 5.00. The Hall–Kier alpha value is -3.87. The van der Waals surface area contributed by atoms with Crippen molar-refractivity contribution in [1.82, 2.24) is 4.90 Å². The van der Waals surface area contributed by atoms with Gasteiger partial charge < -0.3 is 15.4 Å². The van der Waals surface area contributed by atoms with E-state index in [0.717, 1.165) is 12.8 Å². The normalized spacial score (nSPS) is 26.0. The molecule has 30 heavy (non-hydrogen) atoms. The van der Waals surface area contributed by atoms with E-state index in [1.165, 1.54) is 7.11 Å². The molecule has 3 aliphatic rings. The van der Waals surface area contributed by atoms with E-state index in [9.17, 15) is 14.9 Å². The van der Waals surface area contributed by atoms with Crippen LogP contribution in [0.1, 0.15) is 24.8 Å². The van der Waals surface area contributed by atoms with Gasteiger partial charge in [0.25, 0.3) is 0 Å². The average molecular weight is 402 g/mol. The van der Waals surface area contributed by atoms with Gasteiger partial charge in [-0.25, -0.2) is 0 Å². The summed E-state index contributed by atoms with van der Waals surface area (Å²) >= 11 is 0. The monoisotopic (exact) mass is 402 g/mol. The Labute approximate surface area is 173 Å². The molecular formula is C21H18N6O3. The van der Waals surface area contributed by atoms with E-state index in [4.69, 9.17) is 15.3 Å². The quantitative estimate of drug-likeness (QED) is 0.575. The first-order valence-corrected chi connectivity index (χ1v) is 9.52. The zero-order valence-electron chi connectivity index (χ0n) is 16.2. The van der Waals surface area contributed by atoms with Gasteiger partial charge in [-0.3, -0.25) is 14.5 Å². The average Bonchev–Trinajstić information content (AvgIpc) is 3.43. The van der Waals surface area contributed by atoms with Gasteiger partial charge >= 0.3 is 5.97 Å². The molecule has 1 aromatic carbocycles. The number of carbonyl (C=O) groups is 2. The number of allylic oxidation sites excluding steroid dienone is 2. The first kappa shape index (κ1) is 19.4. The van der Waals surface area contributed by atoms with Crippen LogP contribution in [0.25, 0.3) is 0 Å². The molecule has 1 aromatic rings. The molecular weight excluding hydrogens is 384 g/mol. The molecule has 2 saturated heterocycles. The third kappa shape index (κ3) is 2.62. The van der Waals surface area contributed by atoms with Crippen molar-refractivity contribution in [2.24, 2.45) is 5.92 Å². The largest absolute Gasteiger partial charge is 0.469 e. The van der Waals surface area contributed by atoms with Crippen LogP contribution in [0.4, 0.5) is 11.4 Å². The van der Waals surface area contributed by atoms with E-state index >= 15 is 0 Å². The minimum absolute atomic E-state index is 0.0656. The van der Waals surface area contributed by atoms with Crippen molar-refractivity contribution < 1.29 is 14.3 Å². The fourth-order valence-corrected chi connectivity index (χ4v) is 4.98. The summed E-state index contributed by atoms with van der Waals surface area (Å²) in [4.78, 5) is 27.7.